The Labute approximate surface area is 168 Å². The molecule has 1 aromatic carbocycles. The number of amides is 2. The van der Waals surface area contributed by atoms with E-state index >= 15 is 0 Å². The van der Waals surface area contributed by atoms with E-state index in [-0.39, 0.29) is 17.9 Å². The zero-order valence-corrected chi connectivity index (χ0v) is 16.6. The molecule has 0 unspecified atom stereocenters. The van der Waals surface area contributed by atoms with Gasteiger partial charge in [-0.1, -0.05) is 43.3 Å². The first kappa shape index (κ1) is 18.1. The number of fused-ring (bicyclic) bond motifs is 1. The van der Waals surface area contributed by atoms with Crippen molar-refractivity contribution in [3.63, 3.8) is 0 Å². The van der Waals surface area contributed by atoms with E-state index in [2.05, 4.69) is 24.3 Å². The van der Waals surface area contributed by atoms with Crippen LogP contribution in [0.5, 0.6) is 0 Å². The van der Waals surface area contributed by atoms with Crippen molar-refractivity contribution in [2.45, 2.75) is 38.4 Å². The van der Waals surface area contributed by atoms with Crippen molar-refractivity contribution < 1.29 is 18.8 Å². The van der Waals surface area contributed by atoms with Crippen LogP contribution in [0, 0.1) is 18.8 Å². The van der Waals surface area contributed by atoms with Crippen molar-refractivity contribution in [2.75, 3.05) is 16.8 Å². The van der Waals surface area contributed by atoms with Crippen molar-refractivity contribution in [2.24, 2.45) is 11.8 Å². The highest BCUT2D eigenvalue weighted by molar-refractivity contribution is 6.05. The molecular formula is C22H23N3O4. The molecule has 1 N–H and O–H groups in total. The molecule has 7 nitrogen and oxygen atoms in total. The number of benzene rings is 1. The lowest BCUT2D eigenvalue weighted by Gasteiger charge is -2.23. The van der Waals surface area contributed by atoms with E-state index in [0.29, 0.717) is 24.0 Å². The molecule has 1 spiro atoms. The molecule has 4 heterocycles. The Balaban J connectivity index is 1.39. The maximum atomic E-state index is 13.2. The van der Waals surface area contributed by atoms with Crippen molar-refractivity contribution in [1.29, 1.82) is 0 Å². The van der Waals surface area contributed by atoms with E-state index < -0.39 is 17.4 Å². The Hall–Kier alpha value is -2.93. The molecule has 5 rings (SSSR count). The molecule has 0 aliphatic carbocycles. The molecule has 1 aromatic heterocycles. The molecule has 0 saturated carbocycles. The lowest BCUT2D eigenvalue weighted by molar-refractivity contribution is -0.128. The number of rotatable bonds is 4. The van der Waals surface area contributed by atoms with Crippen molar-refractivity contribution >= 4 is 23.3 Å². The first-order valence-electron chi connectivity index (χ1n) is 9.91. The minimum absolute atomic E-state index is 0.152. The van der Waals surface area contributed by atoms with Crippen LogP contribution in [-0.4, -0.2) is 35.2 Å². The third-order valence-electron chi connectivity index (χ3n) is 6.14. The Bertz CT molecular complexity index is 1010. The van der Waals surface area contributed by atoms with Crippen molar-refractivity contribution in [3.8, 4) is 0 Å². The molecule has 2 aromatic rings. The molecule has 7 heteroatoms. The van der Waals surface area contributed by atoms with Gasteiger partial charge in [-0.15, -0.1) is 0 Å². The summed E-state index contributed by atoms with van der Waals surface area (Å²) in [5.74, 6) is 0.0172. The first-order valence-corrected chi connectivity index (χ1v) is 9.91. The number of ether oxygens (including phenoxy) is 1. The molecular weight excluding hydrogens is 370 g/mol. The molecule has 3 aliphatic rings. The predicted molar refractivity (Wildman–Crippen MR) is 106 cm³/mol. The number of anilines is 2. The first-order chi connectivity index (χ1) is 13.9. The van der Waals surface area contributed by atoms with Crippen LogP contribution >= 0.6 is 0 Å². The van der Waals surface area contributed by atoms with Gasteiger partial charge in [0.05, 0.1) is 24.5 Å². The highest BCUT2D eigenvalue weighted by atomic mass is 16.5. The molecule has 0 radical (unpaired) electrons. The van der Waals surface area contributed by atoms with Crippen LogP contribution in [0.1, 0.15) is 31.1 Å². The van der Waals surface area contributed by atoms with Gasteiger partial charge in [-0.05, 0) is 30.5 Å². The van der Waals surface area contributed by atoms with Crippen LogP contribution in [0.4, 0.5) is 11.5 Å². The van der Waals surface area contributed by atoms with E-state index in [1.54, 1.807) is 17.9 Å². The zero-order chi connectivity index (χ0) is 20.3. The Morgan fingerprint density at radius 1 is 1.31 bits per heavy atom. The molecule has 3 aliphatic heterocycles. The predicted octanol–water partition coefficient (Wildman–Crippen LogP) is 3.03. The Kier molecular flexibility index (Phi) is 3.93. The number of hydrogen-bond acceptors (Lipinski definition) is 5. The van der Waals surface area contributed by atoms with Gasteiger partial charge in [0, 0.05) is 11.8 Å². The number of nitrogens with zero attached hydrogens (tertiary/aromatic N) is 2. The van der Waals surface area contributed by atoms with Crippen molar-refractivity contribution in [1.82, 2.24) is 5.16 Å². The summed E-state index contributed by atoms with van der Waals surface area (Å²) in [6, 6.07) is 9.53. The number of hydrogen-bond donors (Lipinski definition) is 1. The average molecular weight is 393 g/mol. The zero-order valence-electron chi connectivity index (χ0n) is 16.6. The second-order valence-electron chi connectivity index (χ2n) is 8.39. The highest BCUT2D eigenvalue weighted by Crippen LogP contribution is 2.52. The van der Waals surface area contributed by atoms with Gasteiger partial charge < -0.3 is 14.6 Å². The highest BCUT2D eigenvalue weighted by Gasteiger charge is 2.67. The third-order valence-corrected chi connectivity index (χ3v) is 6.14. The summed E-state index contributed by atoms with van der Waals surface area (Å²) in [5, 5.41) is 6.93. The third kappa shape index (κ3) is 2.72. The molecule has 2 saturated heterocycles. The van der Waals surface area contributed by atoms with Crippen LogP contribution in [-0.2, 0) is 14.3 Å². The Morgan fingerprint density at radius 3 is 2.72 bits per heavy atom. The quantitative estimate of drug-likeness (QED) is 0.807. The van der Waals surface area contributed by atoms with Crippen LogP contribution in [0.25, 0.3) is 0 Å². The normalized spacial score (nSPS) is 29.7. The monoisotopic (exact) mass is 393 g/mol. The molecule has 2 amide bonds. The number of aryl methyl sites for hydroxylation is 1. The second kappa shape index (κ2) is 6.29. The fraction of sp³-hybridized carbons (Fsp3) is 0.409. The van der Waals surface area contributed by atoms with E-state index in [1.165, 1.54) is 5.56 Å². The smallest absolute Gasteiger partial charge is 0.235 e. The van der Waals surface area contributed by atoms with Gasteiger partial charge in [0.15, 0.2) is 5.82 Å². The SMILES string of the molecule is Cc1cc(N2C[C@@]34C=C[C@@H](O3)[C@H](C(=O)Nc3ccc(C(C)C)cc3)[C@@H]4C2=O)no1. The van der Waals surface area contributed by atoms with Crippen LogP contribution in [0.3, 0.4) is 0 Å². The summed E-state index contributed by atoms with van der Waals surface area (Å²) in [6.07, 6.45) is 3.43. The van der Waals surface area contributed by atoms with Crippen molar-refractivity contribution in [3.05, 3.63) is 53.8 Å². The summed E-state index contributed by atoms with van der Waals surface area (Å²) in [7, 11) is 0. The van der Waals surface area contributed by atoms with Gasteiger partial charge in [-0.3, -0.25) is 14.5 Å². The number of carbonyl (C=O) groups excluding carboxylic acids is 2. The number of carbonyl (C=O) groups is 2. The van der Waals surface area contributed by atoms with E-state index in [0.717, 1.165) is 5.69 Å². The van der Waals surface area contributed by atoms with E-state index in [1.807, 2.05) is 36.4 Å². The Morgan fingerprint density at radius 2 is 2.07 bits per heavy atom. The summed E-state index contributed by atoms with van der Waals surface area (Å²) in [5.41, 5.74) is 1.14. The second-order valence-corrected chi connectivity index (χ2v) is 8.39. The number of aromatic nitrogens is 1. The van der Waals surface area contributed by atoms with Gasteiger partial charge in [-0.25, -0.2) is 0 Å². The van der Waals surface area contributed by atoms with Gasteiger partial charge in [0.2, 0.25) is 11.8 Å². The van der Waals surface area contributed by atoms with Gasteiger partial charge in [0.25, 0.3) is 0 Å². The van der Waals surface area contributed by atoms with Gasteiger partial charge in [0.1, 0.15) is 11.4 Å². The standard InChI is InChI=1S/C22H23N3O4/c1-12(2)14-4-6-15(7-5-14)23-20(26)18-16-8-9-22(28-16)11-25(21(27)19(18)22)17-10-13(3)29-24-17/h4-10,12,16,18-19H,11H2,1-3H3,(H,23,26)/t16-,18+,19-,22-/m1/s1. The van der Waals surface area contributed by atoms with Crippen LogP contribution in [0.2, 0.25) is 0 Å². The molecule has 2 fully saturated rings. The maximum Gasteiger partial charge on any atom is 0.235 e. The molecule has 2 bridgehead atoms. The minimum atomic E-state index is -0.780. The molecule has 4 atom stereocenters. The molecule has 150 valence electrons. The minimum Gasteiger partial charge on any atom is -0.360 e. The summed E-state index contributed by atoms with van der Waals surface area (Å²) in [6.45, 7) is 6.36. The largest absolute Gasteiger partial charge is 0.360 e. The summed E-state index contributed by atoms with van der Waals surface area (Å²) in [4.78, 5) is 27.9. The maximum absolute atomic E-state index is 13.2. The van der Waals surface area contributed by atoms with Crippen LogP contribution in [0.15, 0.2) is 47.0 Å². The van der Waals surface area contributed by atoms with E-state index in [4.69, 9.17) is 9.26 Å². The topological polar surface area (TPSA) is 84.7 Å². The van der Waals surface area contributed by atoms with E-state index in [9.17, 15) is 9.59 Å². The summed E-state index contributed by atoms with van der Waals surface area (Å²) >= 11 is 0. The fourth-order valence-electron chi connectivity index (χ4n) is 4.65. The van der Waals surface area contributed by atoms with Crippen LogP contribution < -0.4 is 10.2 Å². The number of nitrogens with one attached hydrogen (secondary N) is 1. The van der Waals surface area contributed by atoms with Gasteiger partial charge >= 0.3 is 0 Å². The lowest BCUT2D eigenvalue weighted by Crippen LogP contribution is -2.41. The molecule has 29 heavy (non-hydrogen) atoms. The lowest BCUT2D eigenvalue weighted by atomic mass is 9.76. The summed E-state index contributed by atoms with van der Waals surface area (Å²) < 4.78 is 11.3. The van der Waals surface area contributed by atoms with Gasteiger partial charge in [-0.2, -0.15) is 0 Å². The average Bonchev–Trinajstić information content (AvgIpc) is 3.43. The fourth-order valence-corrected chi connectivity index (χ4v) is 4.65.